The van der Waals surface area contributed by atoms with Crippen LogP contribution in [0.5, 0.6) is 5.75 Å². The van der Waals surface area contributed by atoms with Crippen LogP contribution in [0.15, 0.2) is 30.5 Å². The van der Waals surface area contributed by atoms with Crippen LogP contribution in [-0.4, -0.2) is 54.0 Å². The fourth-order valence-electron chi connectivity index (χ4n) is 7.75. The van der Waals surface area contributed by atoms with Crippen LogP contribution in [0.2, 0.25) is 0 Å². The van der Waals surface area contributed by atoms with Crippen molar-refractivity contribution in [2.75, 3.05) is 30.4 Å². The zero-order valence-electron chi connectivity index (χ0n) is 23.8. The number of halogens is 3. The maximum atomic E-state index is 12.8. The zero-order valence-corrected chi connectivity index (χ0v) is 23.8. The molecule has 4 saturated carbocycles. The minimum Gasteiger partial charge on any atom is -0.405 e. The van der Waals surface area contributed by atoms with E-state index < -0.39 is 12.1 Å². The molecule has 9 nitrogen and oxygen atoms in total. The van der Waals surface area contributed by atoms with Crippen LogP contribution in [-0.2, 0) is 16.0 Å². The molecule has 2 heterocycles. The summed E-state index contributed by atoms with van der Waals surface area (Å²) >= 11 is 0. The van der Waals surface area contributed by atoms with Crippen molar-refractivity contribution in [2.24, 2.45) is 23.2 Å². The summed E-state index contributed by atoms with van der Waals surface area (Å²) in [4.78, 5) is 8.73. The molecule has 5 atom stereocenters. The van der Waals surface area contributed by atoms with Crippen molar-refractivity contribution in [1.82, 2.24) is 15.3 Å². The highest BCUT2D eigenvalue weighted by molar-refractivity contribution is 5.53. The number of aromatic nitrogens is 2. The van der Waals surface area contributed by atoms with Gasteiger partial charge < -0.3 is 30.2 Å². The van der Waals surface area contributed by atoms with Crippen molar-refractivity contribution >= 4 is 11.8 Å². The Labute approximate surface area is 243 Å². The van der Waals surface area contributed by atoms with Crippen LogP contribution in [0.3, 0.4) is 0 Å². The SMILES string of the molecule is CC1(C)OCC(N[C@H]2[C@@H]3CC4C[C@H]2CC(CNc2nc(NCc5ccccc5OC(F)(F)F)ncc2C#N)(C4)C3)CO1. The Hall–Kier alpha value is -3.14. The maximum absolute atomic E-state index is 12.8. The summed E-state index contributed by atoms with van der Waals surface area (Å²) in [6, 6.07) is 8.74. The third-order valence-electron chi connectivity index (χ3n) is 9.27. The fraction of sp³-hybridized carbons (Fsp3) is 0.633. The van der Waals surface area contributed by atoms with Gasteiger partial charge in [0.15, 0.2) is 5.79 Å². The molecular formula is C30H37F3N6O3. The van der Waals surface area contributed by atoms with Gasteiger partial charge in [0.25, 0.3) is 0 Å². The highest BCUT2D eigenvalue weighted by Crippen LogP contribution is 2.60. The lowest BCUT2D eigenvalue weighted by atomic mass is 9.48. The number of anilines is 2. The second kappa shape index (κ2) is 11.2. The van der Waals surface area contributed by atoms with E-state index in [1.54, 1.807) is 12.1 Å². The second-order valence-corrected chi connectivity index (χ2v) is 12.8. The summed E-state index contributed by atoms with van der Waals surface area (Å²) in [6.07, 6.45) is 2.50. The van der Waals surface area contributed by atoms with Gasteiger partial charge in [-0.25, -0.2) is 4.98 Å². The van der Waals surface area contributed by atoms with Gasteiger partial charge in [-0.05, 0) is 75.2 Å². The predicted octanol–water partition coefficient (Wildman–Crippen LogP) is 5.21. The molecule has 2 aromatic rings. The fourth-order valence-corrected chi connectivity index (χ4v) is 7.75. The number of nitriles is 1. The third-order valence-corrected chi connectivity index (χ3v) is 9.27. The monoisotopic (exact) mass is 586 g/mol. The highest BCUT2D eigenvalue weighted by Gasteiger charge is 2.55. The summed E-state index contributed by atoms with van der Waals surface area (Å²) in [5.74, 6) is 1.72. The first-order valence-corrected chi connectivity index (χ1v) is 14.6. The number of alkyl halides is 3. The number of rotatable bonds is 9. The smallest absolute Gasteiger partial charge is 0.405 e. The molecule has 1 aliphatic heterocycles. The maximum Gasteiger partial charge on any atom is 0.573 e. The van der Waals surface area contributed by atoms with Crippen molar-refractivity contribution in [2.45, 2.75) is 76.7 Å². The number of benzene rings is 1. The molecule has 0 amide bonds. The topological polar surface area (TPSA) is 113 Å². The van der Waals surface area contributed by atoms with Crippen molar-refractivity contribution in [3.05, 3.63) is 41.6 Å². The lowest BCUT2D eigenvalue weighted by Gasteiger charge is -2.61. The summed E-state index contributed by atoms with van der Waals surface area (Å²) in [7, 11) is 0. The Kier molecular flexibility index (Phi) is 7.70. The average Bonchev–Trinajstić information content (AvgIpc) is 2.93. The van der Waals surface area contributed by atoms with E-state index >= 15 is 0 Å². The quantitative estimate of drug-likeness (QED) is 0.365. The third kappa shape index (κ3) is 6.43. The van der Waals surface area contributed by atoms with Gasteiger partial charge >= 0.3 is 6.36 Å². The standard InChI is InChI=1S/C30H37F3N6O3/c1-28(2)40-15-23(16-41-28)38-25-20-7-18-8-21(25)11-29(9-18,10-20)17-37-26-22(12-34)14-36-27(39-26)35-13-19-5-3-4-6-24(19)42-30(31,32)33/h3-6,14,18,20-21,23,25,38H,7-11,13,15-17H2,1-2H3,(H2,35,36,37,39)/t18?,20-,21+,25+,29?. The van der Waals surface area contributed by atoms with Gasteiger partial charge in [0.1, 0.15) is 23.2 Å². The van der Waals surface area contributed by atoms with Gasteiger partial charge in [-0.1, -0.05) is 18.2 Å². The van der Waals surface area contributed by atoms with Gasteiger partial charge in [-0.15, -0.1) is 13.2 Å². The van der Waals surface area contributed by atoms with Crippen LogP contribution in [0.1, 0.15) is 57.1 Å². The first-order chi connectivity index (χ1) is 20.0. The predicted molar refractivity (Wildman–Crippen MR) is 148 cm³/mol. The van der Waals surface area contributed by atoms with Crippen LogP contribution in [0.25, 0.3) is 0 Å². The largest absolute Gasteiger partial charge is 0.573 e. The summed E-state index contributed by atoms with van der Waals surface area (Å²) in [5.41, 5.74) is 0.769. The molecule has 1 aromatic heterocycles. The summed E-state index contributed by atoms with van der Waals surface area (Å²) in [5, 5.41) is 20.0. The van der Waals surface area contributed by atoms with E-state index in [1.807, 2.05) is 13.8 Å². The molecule has 42 heavy (non-hydrogen) atoms. The average molecular weight is 587 g/mol. The van der Waals surface area contributed by atoms with Crippen molar-refractivity contribution in [1.29, 1.82) is 5.26 Å². The Morgan fingerprint density at radius 1 is 1.07 bits per heavy atom. The van der Waals surface area contributed by atoms with E-state index in [9.17, 15) is 18.4 Å². The van der Waals surface area contributed by atoms with Crippen LogP contribution < -0.4 is 20.7 Å². The highest BCUT2D eigenvalue weighted by atomic mass is 19.4. The minimum absolute atomic E-state index is 0.0233. The van der Waals surface area contributed by atoms with Crippen LogP contribution in [0.4, 0.5) is 24.9 Å². The van der Waals surface area contributed by atoms with Gasteiger partial charge in [-0.2, -0.15) is 10.2 Å². The van der Waals surface area contributed by atoms with Gasteiger partial charge in [0.05, 0.1) is 25.5 Å². The number of hydrogen-bond acceptors (Lipinski definition) is 9. The molecular weight excluding hydrogens is 549 g/mol. The number of hydrogen-bond donors (Lipinski definition) is 3. The van der Waals surface area contributed by atoms with Gasteiger partial charge in [0, 0.05) is 24.7 Å². The van der Waals surface area contributed by atoms with Gasteiger partial charge in [-0.3, -0.25) is 0 Å². The van der Waals surface area contributed by atoms with Crippen LogP contribution >= 0.6 is 0 Å². The minimum atomic E-state index is -4.79. The molecule has 7 rings (SSSR count). The van der Waals surface area contributed by atoms with Crippen molar-refractivity contribution in [3.63, 3.8) is 0 Å². The lowest BCUT2D eigenvalue weighted by Crippen LogP contribution is -2.63. The molecule has 5 fully saturated rings. The molecule has 5 aliphatic rings. The first kappa shape index (κ1) is 29.0. The number of ether oxygens (including phenoxy) is 3. The normalized spacial score (nSPS) is 30.1. The van der Waals surface area contributed by atoms with Gasteiger partial charge in [0.2, 0.25) is 5.95 Å². The molecule has 226 valence electrons. The van der Waals surface area contributed by atoms with E-state index in [-0.39, 0.29) is 29.7 Å². The Bertz CT molecular complexity index is 1310. The van der Waals surface area contributed by atoms with E-state index in [0.29, 0.717) is 60.5 Å². The van der Waals surface area contributed by atoms with E-state index in [1.165, 1.54) is 31.2 Å². The molecule has 4 aliphatic carbocycles. The summed E-state index contributed by atoms with van der Waals surface area (Å²) < 4.78 is 54.3. The molecule has 3 N–H and O–H groups in total. The van der Waals surface area contributed by atoms with E-state index in [0.717, 1.165) is 19.3 Å². The molecule has 0 spiro atoms. The molecule has 1 aromatic carbocycles. The Balaban J connectivity index is 1.09. The molecule has 1 saturated heterocycles. The Morgan fingerprint density at radius 3 is 2.48 bits per heavy atom. The first-order valence-electron chi connectivity index (χ1n) is 14.6. The van der Waals surface area contributed by atoms with Crippen LogP contribution in [0, 0.1) is 34.5 Å². The second-order valence-electron chi connectivity index (χ2n) is 12.8. The lowest BCUT2D eigenvalue weighted by molar-refractivity contribution is -0.274. The Morgan fingerprint density at radius 2 is 1.79 bits per heavy atom. The van der Waals surface area contributed by atoms with E-state index in [4.69, 9.17) is 9.47 Å². The zero-order chi connectivity index (χ0) is 29.5. The van der Waals surface area contributed by atoms with E-state index in [2.05, 4.69) is 36.7 Å². The molecule has 2 unspecified atom stereocenters. The molecule has 4 bridgehead atoms. The number of nitrogens with one attached hydrogen (secondary N) is 3. The van der Waals surface area contributed by atoms with Crippen molar-refractivity contribution < 1.29 is 27.4 Å². The molecule has 0 radical (unpaired) electrons. The number of para-hydroxylation sites is 1. The summed E-state index contributed by atoms with van der Waals surface area (Å²) in [6.45, 7) is 5.94. The van der Waals surface area contributed by atoms with Crippen molar-refractivity contribution in [3.8, 4) is 11.8 Å². The number of nitrogens with zero attached hydrogens (tertiary/aromatic N) is 3. The molecule has 12 heteroatoms.